The smallest absolute Gasteiger partial charge is 0.121 e. The Morgan fingerprint density at radius 3 is 2.20 bits per heavy atom. The SMILES string of the molecule is [2H]C(C)(C)c1cc(-c2[c-]cccc2)ncc1[Si](C)(C)C.[2H]C(CC)(CC)c1ccnc(-c2[c-]ccc3c2oc2cc(-c4ccccc4)ccc23)c1.[Ir]. The summed E-state index contributed by atoms with van der Waals surface area (Å²) in [6.45, 7) is 14.9. The van der Waals surface area contributed by atoms with E-state index in [0.717, 1.165) is 79.5 Å². The molecule has 0 fully saturated rings. The minimum absolute atomic E-state index is 0. The molecule has 1 radical (unpaired) electrons. The average molecular weight is 853 g/mol. The molecule has 7 aromatic rings. The first-order valence-electron chi connectivity index (χ1n) is 18.2. The Balaban J connectivity index is 0.000000217. The van der Waals surface area contributed by atoms with E-state index in [-0.39, 0.29) is 20.1 Å². The fraction of sp³-hybridized carbons (Fsp3) is 0.244. The number of aromatic nitrogens is 2. The molecular weight excluding hydrogens is 805 g/mol. The Morgan fingerprint density at radius 2 is 1.52 bits per heavy atom. The fourth-order valence-electron chi connectivity index (χ4n) is 6.35. The van der Waals surface area contributed by atoms with Crippen LogP contribution in [0.4, 0.5) is 0 Å². The van der Waals surface area contributed by atoms with Gasteiger partial charge in [-0.2, -0.15) is 0 Å². The third kappa shape index (κ3) is 8.07. The van der Waals surface area contributed by atoms with E-state index in [2.05, 4.69) is 92.0 Å². The first kappa shape index (κ1) is 34.3. The number of fused-ring (bicyclic) bond motifs is 3. The molecule has 0 N–H and O–H groups in total. The molecule has 50 heavy (non-hydrogen) atoms. The molecule has 0 aliphatic heterocycles. The number of nitrogens with zero attached hydrogens (tertiary/aromatic N) is 2. The van der Waals surface area contributed by atoms with Crippen LogP contribution in [-0.4, -0.2) is 18.0 Å². The predicted molar refractivity (Wildman–Crippen MR) is 210 cm³/mol. The van der Waals surface area contributed by atoms with Crippen molar-refractivity contribution in [2.75, 3.05) is 0 Å². The second kappa shape index (κ2) is 16.2. The van der Waals surface area contributed by atoms with E-state index in [0.29, 0.717) is 0 Å². The van der Waals surface area contributed by atoms with Gasteiger partial charge in [0, 0.05) is 40.6 Å². The monoisotopic (exact) mass is 853 g/mol. The van der Waals surface area contributed by atoms with E-state index in [1.165, 1.54) is 5.19 Å². The van der Waals surface area contributed by atoms with Crippen LogP contribution in [0.2, 0.25) is 19.6 Å². The van der Waals surface area contributed by atoms with Gasteiger partial charge in [0.25, 0.3) is 0 Å². The maximum atomic E-state index is 8.81. The van der Waals surface area contributed by atoms with Gasteiger partial charge in [-0.3, -0.25) is 0 Å². The van der Waals surface area contributed by atoms with Gasteiger partial charge < -0.3 is 14.4 Å². The maximum Gasteiger partial charge on any atom is 0.121 e. The second-order valence-corrected chi connectivity index (χ2v) is 18.7. The Kier molecular flexibility index (Phi) is 11.1. The standard InChI is InChI=1S/C28H24NO.C17H22NSi.Ir/c1-3-19(4-2)22-15-16-29-26(17-22)25-12-8-11-24-23-14-13-21(18-27(23)30-28(24)25)20-9-6-5-7-10-20;1-13(2)15-11-16(14-9-7-6-8-10-14)18-12-17(15)19(3,4)5;/h5-11,13-19H,3-4H2,1-2H3;6-9,11-13H,1-5H3;/q2*-1;/i19D;13D;. The Bertz CT molecular complexity index is 2270. The van der Waals surface area contributed by atoms with Crippen LogP contribution in [0.25, 0.3) is 55.6 Å². The molecule has 0 saturated carbocycles. The fourth-order valence-corrected chi connectivity index (χ4v) is 7.94. The number of hydrogen-bond acceptors (Lipinski definition) is 3. The third-order valence-electron chi connectivity index (χ3n) is 9.05. The maximum absolute atomic E-state index is 8.81. The molecule has 5 heteroatoms. The summed E-state index contributed by atoms with van der Waals surface area (Å²) < 4.78 is 23.6. The van der Waals surface area contributed by atoms with Gasteiger partial charge in [0.05, 0.1) is 13.7 Å². The van der Waals surface area contributed by atoms with Crippen molar-refractivity contribution in [2.45, 2.75) is 72.0 Å². The summed E-state index contributed by atoms with van der Waals surface area (Å²) in [6, 6.07) is 41.1. The van der Waals surface area contributed by atoms with Gasteiger partial charge in [0.15, 0.2) is 0 Å². The molecule has 4 aromatic carbocycles. The zero-order valence-corrected chi connectivity index (χ0v) is 33.4. The van der Waals surface area contributed by atoms with Crippen molar-refractivity contribution >= 4 is 35.2 Å². The first-order valence-corrected chi connectivity index (χ1v) is 20.7. The predicted octanol–water partition coefficient (Wildman–Crippen LogP) is 12.2. The Morgan fingerprint density at radius 1 is 0.760 bits per heavy atom. The minimum Gasteiger partial charge on any atom is -0.501 e. The molecule has 0 amide bonds. The molecule has 3 heterocycles. The molecule has 0 bridgehead atoms. The number of benzene rings is 4. The molecule has 0 saturated heterocycles. The second-order valence-electron chi connectivity index (χ2n) is 13.7. The van der Waals surface area contributed by atoms with Crippen molar-refractivity contribution in [1.82, 2.24) is 9.97 Å². The molecule has 0 atom stereocenters. The van der Waals surface area contributed by atoms with Crippen molar-refractivity contribution in [1.29, 1.82) is 0 Å². The van der Waals surface area contributed by atoms with Crippen LogP contribution >= 0.6 is 0 Å². The van der Waals surface area contributed by atoms with Gasteiger partial charge >= 0.3 is 0 Å². The van der Waals surface area contributed by atoms with Crippen molar-refractivity contribution in [3.8, 4) is 33.6 Å². The molecule has 0 aliphatic rings. The van der Waals surface area contributed by atoms with Gasteiger partial charge in [0.2, 0.25) is 0 Å². The van der Waals surface area contributed by atoms with Crippen LogP contribution in [0, 0.1) is 12.1 Å². The number of rotatable bonds is 8. The van der Waals surface area contributed by atoms with Crippen molar-refractivity contribution in [2.24, 2.45) is 0 Å². The van der Waals surface area contributed by atoms with Gasteiger partial charge in [-0.25, -0.2) is 0 Å². The summed E-state index contributed by atoms with van der Waals surface area (Å²) >= 11 is 0. The Labute approximate surface area is 315 Å². The van der Waals surface area contributed by atoms with Crippen LogP contribution in [0.1, 0.15) is 66.2 Å². The molecule has 0 spiro atoms. The Hall–Kier alpha value is -4.15. The zero-order chi connectivity index (χ0) is 36.4. The van der Waals surface area contributed by atoms with Crippen LogP contribution in [0.3, 0.4) is 0 Å². The van der Waals surface area contributed by atoms with Crippen molar-refractivity contribution < 1.29 is 27.3 Å². The third-order valence-corrected chi connectivity index (χ3v) is 11.1. The first-order chi connectivity index (χ1) is 24.3. The normalized spacial score (nSPS) is 12.5. The quantitative estimate of drug-likeness (QED) is 0.113. The molecule has 3 nitrogen and oxygen atoms in total. The minimum atomic E-state index is -1.50. The zero-order valence-electron chi connectivity index (χ0n) is 32.0. The van der Waals surface area contributed by atoms with Crippen molar-refractivity contribution in [3.63, 3.8) is 0 Å². The molecule has 3 aromatic heterocycles. The topological polar surface area (TPSA) is 38.9 Å². The molecule has 257 valence electrons. The number of furan rings is 1. The van der Waals surface area contributed by atoms with E-state index in [4.69, 9.17) is 7.16 Å². The van der Waals surface area contributed by atoms with E-state index in [9.17, 15) is 0 Å². The molecule has 0 aliphatic carbocycles. The van der Waals surface area contributed by atoms with Crippen LogP contribution in [0.15, 0.2) is 120 Å². The van der Waals surface area contributed by atoms with Gasteiger partial charge in [-0.15, -0.1) is 54.1 Å². The number of hydrogen-bond donors (Lipinski definition) is 0. The van der Waals surface area contributed by atoms with Crippen LogP contribution < -0.4 is 5.19 Å². The van der Waals surface area contributed by atoms with Gasteiger partial charge in [-0.1, -0.05) is 124 Å². The van der Waals surface area contributed by atoms with Crippen LogP contribution in [-0.2, 0) is 20.1 Å². The van der Waals surface area contributed by atoms with Crippen LogP contribution in [0.5, 0.6) is 0 Å². The largest absolute Gasteiger partial charge is 0.501 e. The summed E-state index contributed by atoms with van der Waals surface area (Å²) in [6.07, 6.45) is 5.29. The summed E-state index contributed by atoms with van der Waals surface area (Å²) in [5.41, 5.74) is 9.54. The molecular formula is C45H46IrN2OSi-2. The van der Waals surface area contributed by atoms with E-state index in [1.807, 2.05) is 86.8 Å². The molecule has 0 unspecified atom stereocenters. The van der Waals surface area contributed by atoms with E-state index in [1.54, 1.807) is 6.20 Å². The van der Waals surface area contributed by atoms with Crippen molar-refractivity contribution in [3.05, 3.63) is 139 Å². The van der Waals surface area contributed by atoms with Gasteiger partial charge in [-0.05, 0) is 64.5 Å². The van der Waals surface area contributed by atoms with Gasteiger partial charge in [0.1, 0.15) is 5.58 Å². The summed E-state index contributed by atoms with van der Waals surface area (Å²) in [5.74, 6) is -1.22. The summed E-state index contributed by atoms with van der Waals surface area (Å²) in [4.78, 5) is 9.21. The van der Waals surface area contributed by atoms with E-state index < -0.39 is 19.9 Å². The summed E-state index contributed by atoms with van der Waals surface area (Å²) in [5, 5.41) is 3.41. The number of pyridine rings is 2. The van der Waals surface area contributed by atoms with E-state index >= 15 is 0 Å². The summed E-state index contributed by atoms with van der Waals surface area (Å²) in [7, 11) is -1.50. The molecule has 7 rings (SSSR count). The average Bonchev–Trinajstić information content (AvgIpc) is 3.53.